The van der Waals surface area contributed by atoms with Crippen LogP contribution in [0.15, 0.2) is 29.4 Å². The second-order valence-corrected chi connectivity index (χ2v) is 5.50. The van der Waals surface area contributed by atoms with Crippen LogP contribution in [0.3, 0.4) is 0 Å². The molecule has 1 N–H and O–H groups in total. The second-order valence-electron chi connectivity index (χ2n) is 3.97. The summed E-state index contributed by atoms with van der Waals surface area (Å²) in [6, 6.07) is 7.39. The Morgan fingerprint density at radius 1 is 1.50 bits per heavy atom. The molecule has 2 atom stereocenters. The van der Waals surface area contributed by atoms with E-state index in [0.717, 1.165) is 11.0 Å². The molecule has 96 valence electrons. The number of hydrogen-bond donors (Lipinski definition) is 1. The molecule has 2 unspecified atom stereocenters. The standard InChI is InChI=1S/C12H14N2O3S/c1-3-10(11(15)16)18(17)12-13-8-6-4-5-7-9(8)14(12)2/h4-7,10H,3H2,1-2H3,(H,15,16). The molecule has 0 saturated carbocycles. The Morgan fingerprint density at radius 3 is 2.72 bits per heavy atom. The van der Waals surface area contributed by atoms with Crippen molar-refractivity contribution in [2.75, 3.05) is 0 Å². The quantitative estimate of drug-likeness (QED) is 0.911. The Kier molecular flexibility index (Phi) is 3.47. The predicted molar refractivity (Wildman–Crippen MR) is 68.8 cm³/mol. The van der Waals surface area contributed by atoms with Gasteiger partial charge in [-0.1, -0.05) is 19.1 Å². The minimum Gasteiger partial charge on any atom is -0.480 e. The van der Waals surface area contributed by atoms with Crippen molar-refractivity contribution in [2.45, 2.75) is 23.8 Å². The van der Waals surface area contributed by atoms with Crippen LogP contribution in [-0.2, 0) is 22.6 Å². The number of hydrogen-bond acceptors (Lipinski definition) is 3. The number of fused-ring (bicyclic) bond motifs is 1. The van der Waals surface area contributed by atoms with Gasteiger partial charge in [0.05, 0.1) is 11.0 Å². The fraction of sp³-hybridized carbons (Fsp3) is 0.333. The van der Waals surface area contributed by atoms with Crippen LogP contribution in [0.5, 0.6) is 0 Å². The van der Waals surface area contributed by atoms with Gasteiger partial charge in [0, 0.05) is 7.05 Å². The SMILES string of the molecule is CCC(C(=O)O)S(=O)c1nc2ccccc2n1C. The lowest BCUT2D eigenvalue weighted by Gasteiger charge is -2.09. The maximum atomic E-state index is 12.3. The maximum absolute atomic E-state index is 12.3. The zero-order chi connectivity index (χ0) is 13.3. The van der Waals surface area contributed by atoms with Gasteiger partial charge in [-0.2, -0.15) is 0 Å². The maximum Gasteiger partial charge on any atom is 0.319 e. The van der Waals surface area contributed by atoms with E-state index < -0.39 is 22.0 Å². The topological polar surface area (TPSA) is 72.2 Å². The second kappa shape index (κ2) is 4.89. The normalized spacial score (nSPS) is 14.6. The molecule has 0 fully saturated rings. The Balaban J connectivity index is 2.51. The smallest absolute Gasteiger partial charge is 0.319 e. The van der Waals surface area contributed by atoms with Gasteiger partial charge < -0.3 is 9.67 Å². The average molecular weight is 266 g/mol. The lowest BCUT2D eigenvalue weighted by molar-refractivity contribution is -0.136. The highest BCUT2D eigenvalue weighted by Gasteiger charge is 2.27. The third-order valence-electron chi connectivity index (χ3n) is 2.83. The molecule has 1 heterocycles. The summed E-state index contributed by atoms with van der Waals surface area (Å²) in [7, 11) is 0.104. The average Bonchev–Trinajstić information content (AvgIpc) is 2.68. The van der Waals surface area contributed by atoms with E-state index >= 15 is 0 Å². The van der Waals surface area contributed by atoms with Crippen LogP contribution in [-0.4, -0.2) is 30.1 Å². The summed E-state index contributed by atoms with van der Waals surface area (Å²) >= 11 is 0. The Bertz CT molecular complexity index is 621. The van der Waals surface area contributed by atoms with Crippen LogP contribution in [0.4, 0.5) is 0 Å². The van der Waals surface area contributed by atoms with Crippen LogP contribution >= 0.6 is 0 Å². The molecule has 0 aliphatic carbocycles. The van der Waals surface area contributed by atoms with Gasteiger partial charge in [0.15, 0.2) is 0 Å². The van der Waals surface area contributed by atoms with Crippen molar-refractivity contribution in [1.29, 1.82) is 0 Å². The Hall–Kier alpha value is -1.69. The van der Waals surface area contributed by atoms with Gasteiger partial charge in [-0.15, -0.1) is 0 Å². The minimum atomic E-state index is -1.64. The molecule has 1 aromatic heterocycles. The first-order valence-electron chi connectivity index (χ1n) is 5.61. The number of benzene rings is 1. The van der Waals surface area contributed by atoms with Gasteiger partial charge in [0.2, 0.25) is 5.16 Å². The summed E-state index contributed by atoms with van der Waals surface area (Å²) < 4.78 is 13.9. The molecule has 5 nitrogen and oxygen atoms in total. The fourth-order valence-electron chi connectivity index (χ4n) is 1.85. The molecule has 0 spiro atoms. The number of aryl methyl sites for hydroxylation is 1. The number of imidazole rings is 1. The largest absolute Gasteiger partial charge is 0.480 e. The lowest BCUT2D eigenvalue weighted by atomic mass is 10.3. The third kappa shape index (κ3) is 2.03. The summed E-state index contributed by atoms with van der Waals surface area (Å²) in [5.41, 5.74) is 1.57. The molecular weight excluding hydrogens is 252 g/mol. The van der Waals surface area contributed by atoms with E-state index in [4.69, 9.17) is 5.11 Å². The molecule has 0 bridgehead atoms. The highest BCUT2D eigenvalue weighted by molar-refractivity contribution is 7.86. The van der Waals surface area contributed by atoms with Gasteiger partial charge in [-0.3, -0.25) is 9.00 Å². The zero-order valence-electron chi connectivity index (χ0n) is 10.2. The van der Waals surface area contributed by atoms with Gasteiger partial charge >= 0.3 is 5.97 Å². The number of rotatable bonds is 4. The van der Waals surface area contributed by atoms with E-state index in [9.17, 15) is 9.00 Å². The molecule has 0 saturated heterocycles. The van der Waals surface area contributed by atoms with Crippen LogP contribution in [0, 0.1) is 0 Å². The van der Waals surface area contributed by atoms with Crippen LogP contribution in [0.1, 0.15) is 13.3 Å². The Morgan fingerprint density at radius 2 is 2.17 bits per heavy atom. The number of para-hydroxylation sites is 2. The number of carboxylic acids is 1. The van der Waals surface area contributed by atoms with E-state index in [-0.39, 0.29) is 0 Å². The van der Waals surface area contributed by atoms with Gasteiger partial charge in [-0.25, -0.2) is 4.98 Å². The molecule has 1 aromatic carbocycles. The monoisotopic (exact) mass is 266 g/mol. The molecule has 0 amide bonds. The van der Waals surface area contributed by atoms with Crippen molar-refractivity contribution < 1.29 is 14.1 Å². The van der Waals surface area contributed by atoms with Gasteiger partial charge in [-0.05, 0) is 18.6 Å². The summed E-state index contributed by atoms with van der Waals surface area (Å²) in [5, 5.41) is 8.44. The van der Waals surface area contributed by atoms with Crippen LogP contribution in [0.25, 0.3) is 11.0 Å². The van der Waals surface area contributed by atoms with Gasteiger partial charge in [0.25, 0.3) is 0 Å². The molecule has 2 aromatic rings. The number of nitrogens with zero attached hydrogens (tertiary/aromatic N) is 2. The van der Waals surface area contributed by atoms with Gasteiger partial charge in [0.1, 0.15) is 16.0 Å². The van der Waals surface area contributed by atoms with E-state index in [1.807, 2.05) is 24.3 Å². The minimum absolute atomic E-state index is 0.311. The van der Waals surface area contributed by atoms with E-state index in [1.165, 1.54) is 0 Å². The molecular formula is C12H14N2O3S. The number of aromatic nitrogens is 2. The van der Waals surface area contributed by atoms with E-state index in [2.05, 4.69) is 4.98 Å². The summed E-state index contributed by atoms with van der Waals surface area (Å²) in [5.74, 6) is -1.05. The van der Waals surface area contributed by atoms with Crippen LogP contribution in [0.2, 0.25) is 0 Å². The van der Waals surface area contributed by atoms with Crippen molar-refractivity contribution in [1.82, 2.24) is 9.55 Å². The lowest BCUT2D eigenvalue weighted by Crippen LogP contribution is -2.26. The first kappa shape index (κ1) is 12.8. The molecule has 6 heteroatoms. The Labute approximate surface area is 107 Å². The summed E-state index contributed by atoms with van der Waals surface area (Å²) in [4.78, 5) is 15.3. The predicted octanol–water partition coefficient (Wildman–Crippen LogP) is 1.54. The molecule has 0 radical (unpaired) electrons. The summed E-state index contributed by atoms with van der Waals surface area (Å²) in [6.07, 6.45) is 0.311. The molecule has 18 heavy (non-hydrogen) atoms. The van der Waals surface area contributed by atoms with Crippen molar-refractivity contribution in [3.8, 4) is 0 Å². The van der Waals surface area contributed by atoms with E-state index in [1.54, 1.807) is 18.5 Å². The first-order valence-corrected chi connectivity index (χ1v) is 6.82. The molecule has 2 rings (SSSR count). The van der Waals surface area contributed by atoms with Crippen molar-refractivity contribution in [3.05, 3.63) is 24.3 Å². The van der Waals surface area contributed by atoms with Crippen LogP contribution < -0.4 is 0 Å². The number of carboxylic acid groups (broad SMARTS) is 1. The number of carbonyl (C=O) groups is 1. The first-order chi connectivity index (χ1) is 8.56. The highest BCUT2D eigenvalue weighted by Crippen LogP contribution is 2.19. The molecule has 0 aliphatic heterocycles. The highest BCUT2D eigenvalue weighted by atomic mass is 32.2. The van der Waals surface area contributed by atoms with Crippen molar-refractivity contribution in [3.63, 3.8) is 0 Å². The third-order valence-corrected chi connectivity index (χ3v) is 4.61. The van der Waals surface area contributed by atoms with Crippen molar-refractivity contribution in [2.24, 2.45) is 7.05 Å². The molecule has 0 aliphatic rings. The number of aliphatic carboxylic acids is 1. The van der Waals surface area contributed by atoms with Crippen molar-refractivity contribution >= 4 is 27.8 Å². The fourth-order valence-corrected chi connectivity index (χ4v) is 3.15. The zero-order valence-corrected chi connectivity index (χ0v) is 11.0. The summed E-state index contributed by atoms with van der Waals surface area (Å²) in [6.45, 7) is 1.71. The van der Waals surface area contributed by atoms with E-state index in [0.29, 0.717) is 11.6 Å².